The summed E-state index contributed by atoms with van der Waals surface area (Å²) < 4.78 is 17.4. The Bertz CT molecular complexity index is 489. The van der Waals surface area contributed by atoms with E-state index < -0.39 is 23.1 Å². The lowest BCUT2D eigenvalue weighted by atomic mass is 9.77. The molecule has 5 heteroatoms. The van der Waals surface area contributed by atoms with Crippen LogP contribution in [0, 0.1) is 0 Å². The van der Waals surface area contributed by atoms with E-state index >= 15 is 0 Å². The van der Waals surface area contributed by atoms with Crippen LogP contribution in [-0.2, 0) is 19.0 Å². The van der Waals surface area contributed by atoms with E-state index in [1.807, 2.05) is 6.08 Å². The molecule has 0 saturated carbocycles. The number of Topliss-reactive ketones (excluding diaryl/α,β-unsaturated/α-hetero) is 1. The fourth-order valence-corrected chi connectivity index (χ4v) is 3.22. The van der Waals surface area contributed by atoms with Crippen LogP contribution < -0.4 is 0 Å². The lowest BCUT2D eigenvalue weighted by Gasteiger charge is -2.37. The molecule has 3 rings (SSSR count). The molecule has 1 aliphatic carbocycles. The number of rotatable bonds is 3. The molecule has 0 aromatic heterocycles. The molecule has 2 heterocycles. The average Bonchev–Trinajstić information content (AvgIpc) is 2.80. The van der Waals surface area contributed by atoms with Gasteiger partial charge in [-0.15, -0.1) is 6.58 Å². The second-order valence-electron chi connectivity index (χ2n) is 6.28. The molecule has 5 nitrogen and oxygen atoms in total. The van der Waals surface area contributed by atoms with E-state index in [2.05, 4.69) is 6.58 Å². The topological polar surface area (TPSA) is 65.0 Å². The van der Waals surface area contributed by atoms with Crippen LogP contribution in [0.4, 0.5) is 0 Å². The Morgan fingerprint density at radius 2 is 2.30 bits per heavy atom. The van der Waals surface area contributed by atoms with Crippen LogP contribution in [0.1, 0.15) is 33.1 Å². The third-order valence-electron chi connectivity index (χ3n) is 4.39. The first kappa shape index (κ1) is 13.9. The predicted octanol–water partition coefficient (Wildman–Crippen LogP) is 1.46. The molecule has 1 N–H and O–H groups in total. The lowest BCUT2D eigenvalue weighted by Crippen LogP contribution is -2.51. The van der Waals surface area contributed by atoms with E-state index in [1.165, 1.54) is 0 Å². The third kappa shape index (κ3) is 1.81. The first-order chi connectivity index (χ1) is 9.32. The van der Waals surface area contributed by atoms with Crippen LogP contribution in [0.2, 0.25) is 0 Å². The zero-order chi connectivity index (χ0) is 14.6. The van der Waals surface area contributed by atoms with Crippen LogP contribution >= 0.6 is 0 Å². The Balaban J connectivity index is 2.01. The molecule has 20 heavy (non-hydrogen) atoms. The summed E-state index contributed by atoms with van der Waals surface area (Å²) in [5, 5.41) is 10.2. The van der Waals surface area contributed by atoms with Gasteiger partial charge in [0.25, 0.3) is 0 Å². The van der Waals surface area contributed by atoms with E-state index in [0.717, 1.165) is 0 Å². The molecule has 3 aliphatic rings. The van der Waals surface area contributed by atoms with Gasteiger partial charge in [-0.25, -0.2) is 0 Å². The van der Waals surface area contributed by atoms with Gasteiger partial charge in [0.15, 0.2) is 12.6 Å². The van der Waals surface area contributed by atoms with Gasteiger partial charge in [-0.1, -0.05) is 6.08 Å². The molecule has 2 aliphatic heterocycles. The zero-order valence-corrected chi connectivity index (χ0v) is 11.8. The highest BCUT2D eigenvalue weighted by Crippen LogP contribution is 2.55. The van der Waals surface area contributed by atoms with Crippen LogP contribution in [0.3, 0.4) is 0 Å². The minimum atomic E-state index is -1.08. The van der Waals surface area contributed by atoms with Crippen LogP contribution in [0.15, 0.2) is 24.3 Å². The number of hydrogen-bond acceptors (Lipinski definition) is 5. The Morgan fingerprint density at radius 1 is 1.55 bits per heavy atom. The van der Waals surface area contributed by atoms with E-state index in [4.69, 9.17) is 14.2 Å². The Hall–Kier alpha value is -1.01. The maximum absolute atomic E-state index is 12.2. The third-order valence-corrected chi connectivity index (χ3v) is 4.39. The number of allylic oxidation sites excluding steroid dienone is 2. The maximum Gasteiger partial charge on any atom is 0.211 e. The van der Waals surface area contributed by atoms with Gasteiger partial charge in [-0.2, -0.15) is 0 Å². The molecule has 110 valence electrons. The number of carbonyl (C=O) groups is 1. The number of aliphatic hydroxyl groups is 1. The number of carbonyl (C=O) groups excluding carboxylic acids is 1. The first-order valence-corrected chi connectivity index (χ1v) is 6.86. The summed E-state index contributed by atoms with van der Waals surface area (Å²) in [6.07, 6.45) is 4.19. The first-order valence-electron chi connectivity index (χ1n) is 6.86. The number of hydrogen-bond donors (Lipinski definition) is 1. The summed E-state index contributed by atoms with van der Waals surface area (Å²) in [5.74, 6) is -1.10. The van der Waals surface area contributed by atoms with E-state index in [-0.39, 0.29) is 19.0 Å². The van der Waals surface area contributed by atoms with Crippen molar-refractivity contribution in [2.75, 3.05) is 6.79 Å². The average molecular weight is 280 g/mol. The molecule has 2 fully saturated rings. The van der Waals surface area contributed by atoms with Crippen molar-refractivity contribution in [3.8, 4) is 0 Å². The lowest BCUT2D eigenvalue weighted by molar-refractivity contribution is -0.238. The molecule has 0 aromatic carbocycles. The van der Waals surface area contributed by atoms with E-state index in [9.17, 15) is 9.90 Å². The molecule has 0 bridgehead atoms. The number of ether oxygens (including phenoxy) is 3. The summed E-state index contributed by atoms with van der Waals surface area (Å²) in [6.45, 7) is 7.15. The van der Waals surface area contributed by atoms with Gasteiger partial charge in [0.05, 0.1) is 18.1 Å². The maximum atomic E-state index is 12.2. The highest BCUT2D eigenvalue weighted by molar-refractivity contribution is 5.97. The zero-order valence-electron chi connectivity index (χ0n) is 11.8. The van der Waals surface area contributed by atoms with Crippen molar-refractivity contribution in [2.24, 2.45) is 0 Å². The van der Waals surface area contributed by atoms with Gasteiger partial charge in [0.1, 0.15) is 5.60 Å². The van der Waals surface area contributed by atoms with Crippen molar-refractivity contribution in [1.29, 1.82) is 0 Å². The molecule has 0 aromatic rings. The Labute approximate surface area is 118 Å². The van der Waals surface area contributed by atoms with E-state index in [0.29, 0.717) is 18.4 Å². The van der Waals surface area contributed by atoms with Gasteiger partial charge in [-0.3, -0.25) is 4.79 Å². The molecule has 0 spiro atoms. The summed E-state index contributed by atoms with van der Waals surface area (Å²) in [5.41, 5.74) is -1.11. The fourth-order valence-electron chi connectivity index (χ4n) is 3.22. The number of ketones is 1. The Morgan fingerprint density at radius 3 is 2.95 bits per heavy atom. The smallest absolute Gasteiger partial charge is 0.211 e. The normalized spacial score (nSPS) is 40.2. The molecular weight excluding hydrogens is 260 g/mol. The monoisotopic (exact) mass is 280 g/mol. The van der Waals surface area contributed by atoms with Crippen molar-refractivity contribution in [3.05, 3.63) is 24.3 Å². The van der Waals surface area contributed by atoms with Crippen molar-refractivity contribution >= 4 is 5.78 Å². The standard InChI is InChI=1S/C15H20O5/c1-4-5-10-6-14-8-12(13(2,3)17)20-15(14,7-11(10)16)19-9-18-14/h4,6,12,17H,1,5,7-9H2,2-3H3/t12-,14+,15-/m0/s1. The quantitative estimate of drug-likeness (QED) is 0.793. The molecule has 3 atom stereocenters. The summed E-state index contributed by atoms with van der Waals surface area (Å²) in [7, 11) is 0. The second kappa shape index (κ2) is 4.24. The van der Waals surface area contributed by atoms with Crippen molar-refractivity contribution in [1.82, 2.24) is 0 Å². The van der Waals surface area contributed by atoms with Gasteiger partial charge in [0, 0.05) is 6.42 Å². The fraction of sp³-hybridized carbons (Fsp3) is 0.667. The van der Waals surface area contributed by atoms with E-state index in [1.54, 1.807) is 19.9 Å². The van der Waals surface area contributed by atoms with Crippen LogP contribution in [0.25, 0.3) is 0 Å². The molecule has 0 radical (unpaired) electrons. The summed E-state index contributed by atoms with van der Waals surface area (Å²) in [4.78, 5) is 12.2. The largest absolute Gasteiger partial charge is 0.388 e. The van der Waals surface area contributed by atoms with Crippen LogP contribution in [0.5, 0.6) is 0 Å². The summed E-state index contributed by atoms with van der Waals surface area (Å²) >= 11 is 0. The second-order valence-corrected chi connectivity index (χ2v) is 6.28. The molecule has 0 amide bonds. The SMILES string of the molecule is C=CCC1=C[C@@]23C[C@@H](C(C)(C)O)O[C@]2(CC1=O)OCO3. The van der Waals surface area contributed by atoms with Gasteiger partial charge >= 0.3 is 0 Å². The van der Waals surface area contributed by atoms with Crippen molar-refractivity contribution in [3.63, 3.8) is 0 Å². The van der Waals surface area contributed by atoms with Gasteiger partial charge in [-0.05, 0) is 31.9 Å². The van der Waals surface area contributed by atoms with Gasteiger partial charge < -0.3 is 19.3 Å². The summed E-state index contributed by atoms with van der Waals surface area (Å²) in [6, 6.07) is 0. The highest BCUT2D eigenvalue weighted by Gasteiger charge is 2.68. The molecule has 2 saturated heterocycles. The minimum Gasteiger partial charge on any atom is -0.388 e. The van der Waals surface area contributed by atoms with Crippen molar-refractivity contribution < 1.29 is 24.1 Å². The predicted molar refractivity (Wildman–Crippen MR) is 70.8 cm³/mol. The molecular formula is C15H20O5. The minimum absolute atomic E-state index is 0.0116. The van der Waals surface area contributed by atoms with Gasteiger partial charge in [0.2, 0.25) is 5.79 Å². The molecule has 0 unspecified atom stereocenters. The Kier molecular flexibility index (Phi) is 2.96. The van der Waals surface area contributed by atoms with Crippen LogP contribution in [-0.4, -0.2) is 40.8 Å². The van der Waals surface area contributed by atoms with Crippen molar-refractivity contribution in [2.45, 2.75) is 56.2 Å². The highest BCUT2D eigenvalue weighted by atomic mass is 16.8.